The van der Waals surface area contributed by atoms with Crippen molar-refractivity contribution < 1.29 is 36.6 Å². The summed E-state index contributed by atoms with van der Waals surface area (Å²) < 4.78 is 66.1. The number of β-amino-alcohol motifs (C(OH)–C–C–N with tert-alkyl or cyclic N) is 1. The zero-order valence-electron chi connectivity index (χ0n) is 23.1. The summed E-state index contributed by atoms with van der Waals surface area (Å²) in [6.45, 7) is 3.58. The number of carboxylic acids is 1. The second-order valence-corrected chi connectivity index (χ2v) is 12.7. The molecule has 3 aromatic carbocycles. The van der Waals surface area contributed by atoms with Gasteiger partial charge in [-0.2, -0.15) is 17.5 Å². The molecule has 0 fully saturated rings. The van der Waals surface area contributed by atoms with E-state index in [0.29, 0.717) is 24.0 Å². The molecule has 3 rings (SSSR count). The minimum atomic E-state index is -4.40. The van der Waals surface area contributed by atoms with E-state index in [4.69, 9.17) is 5.11 Å². The van der Waals surface area contributed by atoms with Crippen molar-refractivity contribution in [1.29, 1.82) is 0 Å². The number of carbonyl (C=O) groups is 1. The zero-order chi connectivity index (χ0) is 30.4. The second kappa shape index (κ2) is 13.2. The monoisotopic (exact) mass is 592 g/mol. The number of aliphatic hydroxyl groups is 1. The van der Waals surface area contributed by atoms with Gasteiger partial charge in [0.1, 0.15) is 0 Å². The molecule has 11 heteroatoms. The molecule has 0 amide bonds. The van der Waals surface area contributed by atoms with Crippen molar-refractivity contribution in [2.75, 3.05) is 20.1 Å². The molecule has 0 saturated heterocycles. The van der Waals surface area contributed by atoms with Crippen LogP contribution in [-0.2, 0) is 33.8 Å². The number of benzene rings is 3. The highest BCUT2D eigenvalue weighted by atomic mass is 32.2. The van der Waals surface area contributed by atoms with Gasteiger partial charge in [-0.25, -0.2) is 8.42 Å². The topological polar surface area (TPSA) is 107 Å². The maximum atomic E-state index is 13.3. The number of rotatable bonds is 13. The van der Waals surface area contributed by atoms with Crippen LogP contribution >= 0.6 is 0 Å². The Balaban J connectivity index is 1.61. The Morgan fingerprint density at radius 1 is 0.951 bits per heavy atom. The van der Waals surface area contributed by atoms with Gasteiger partial charge < -0.3 is 15.5 Å². The van der Waals surface area contributed by atoms with Gasteiger partial charge in [-0.1, -0.05) is 48.5 Å². The highest BCUT2D eigenvalue weighted by molar-refractivity contribution is 7.89. The summed E-state index contributed by atoms with van der Waals surface area (Å²) in [5, 5.41) is 22.7. The van der Waals surface area contributed by atoms with E-state index < -0.39 is 39.4 Å². The fourth-order valence-corrected chi connectivity index (χ4v) is 5.67. The molecule has 41 heavy (non-hydrogen) atoms. The van der Waals surface area contributed by atoms with Gasteiger partial charge >= 0.3 is 12.1 Å². The first-order valence-electron chi connectivity index (χ1n) is 13.0. The molecule has 0 heterocycles. The van der Waals surface area contributed by atoms with E-state index >= 15 is 0 Å². The van der Waals surface area contributed by atoms with Gasteiger partial charge in [0.2, 0.25) is 10.0 Å². The van der Waals surface area contributed by atoms with E-state index in [9.17, 15) is 31.5 Å². The largest absolute Gasteiger partial charge is 0.481 e. The number of carboxylic acid groups (broad SMARTS) is 1. The summed E-state index contributed by atoms with van der Waals surface area (Å²) in [4.78, 5) is 11.0. The van der Waals surface area contributed by atoms with Crippen molar-refractivity contribution in [1.82, 2.24) is 9.62 Å². The van der Waals surface area contributed by atoms with Gasteiger partial charge in [0.25, 0.3) is 0 Å². The van der Waals surface area contributed by atoms with Crippen LogP contribution in [0.25, 0.3) is 11.1 Å². The van der Waals surface area contributed by atoms with Crippen molar-refractivity contribution in [3.05, 3.63) is 89.5 Å². The summed E-state index contributed by atoms with van der Waals surface area (Å²) in [5.74, 6) is -0.897. The smallest absolute Gasteiger partial charge is 0.416 e. The van der Waals surface area contributed by atoms with Crippen LogP contribution in [0.2, 0.25) is 0 Å². The molecule has 1 atom stereocenters. The van der Waals surface area contributed by atoms with Gasteiger partial charge in [-0.3, -0.25) is 4.79 Å². The molecule has 0 aromatic heterocycles. The van der Waals surface area contributed by atoms with Crippen LogP contribution in [0.1, 0.15) is 37.0 Å². The fraction of sp³-hybridized carbons (Fsp3) is 0.367. The zero-order valence-corrected chi connectivity index (χ0v) is 24.0. The van der Waals surface area contributed by atoms with Crippen molar-refractivity contribution >= 4 is 16.0 Å². The van der Waals surface area contributed by atoms with Gasteiger partial charge in [0, 0.05) is 32.1 Å². The number of hydrogen-bond donors (Lipinski definition) is 3. The van der Waals surface area contributed by atoms with Crippen LogP contribution in [0.5, 0.6) is 0 Å². The maximum absolute atomic E-state index is 13.3. The van der Waals surface area contributed by atoms with Gasteiger partial charge in [-0.15, -0.1) is 0 Å². The maximum Gasteiger partial charge on any atom is 0.416 e. The Hall–Kier alpha value is -3.25. The lowest BCUT2D eigenvalue weighted by molar-refractivity contribution is -0.138. The number of hydrogen-bond acceptors (Lipinski definition) is 5. The molecule has 0 bridgehead atoms. The van der Waals surface area contributed by atoms with Crippen LogP contribution in [0.15, 0.2) is 77.7 Å². The number of halogens is 3. The van der Waals surface area contributed by atoms with E-state index in [1.54, 1.807) is 24.3 Å². The van der Waals surface area contributed by atoms with Crippen molar-refractivity contribution in [3.63, 3.8) is 0 Å². The first-order chi connectivity index (χ1) is 19.1. The third kappa shape index (κ3) is 9.39. The number of aryl methyl sites for hydroxylation is 1. The molecule has 0 aliphatic rings. The fourth-order valence-electron chi connectivity index (χ4n) is 4.41. The molecular weight excluding hydrogens is 557 g/mol. The molecule has 3 aromatic rings. The van der Waals surface area contributed by atoms with E-state index in [1.165, 1.54) is 25.2 Å². The number of likely N-dealkylation sites (N-methyl/N-ethyl adjacent to an activating group) is 1. The minimum absolute atomic E-state index is 0.00785. The Morgan fingerprint density at radius 2 is 1.56 bits per heavy atom. The van der Waals surface area contributed by atoms with Gasteiger partial charge in [0.05, 0.1) is 16.6 Å². The number of alkyl halides is 3. The standard InChI is InChI=1S/C30H35F3N2O5S/c1-29(2,18-22-10-13-25(14-11-22)30(31,32)33)34-19-26(36)20-35(3)41(39,40)27-9-5-8-24(17-27)23-7-4-6-21(16-23)12-15-28(37)38/h4-11,13-14,16-17,26,34,36H,12,15,18-20H2,1-3H3,(H,37,38). The number of aliphatic hydroxyl groups excluding tert-OH is 1. The SMILES string of the molecule is CN(CC(O)CNC(C)(C)Cc1ccc(C(F)(F)F)cc1)S(=O)(=O)c1cccc(-c2cccc(CCC(=O)O)c2)c1. The van der Waals surface area contributed by atoms with Crippen LogP contribution in [0.3, 0.4) is 0 Å². The quantitative estimate of drug-likeness (QED) is 0.259. The predicted molar refractivity (Wildman–Crippen MR) is 151 cm³/mol. The van der Waals surface area contributed by atoms with Crippen molar-refractivity contribution in [2.24, 2.45) is 0 Å². The Kier molecular flexibility index (Phi) is 10.4. The first kappa shape index (κ1) is 32.3. The Labute approximate surface area is 238 Å². The summed E-state index contributed by atoms with van der Waals surface area (Å²) >= 11 is 0. The third-order valence-electron chi connectivity index (χ3n) is 6.64. The molecule has 0 spiro atoms. The average Bonchev–Trinajstić information content (AvgIpc) is 2.90. The van der Waals surface area contributed by atoms with Gasteiger partial charge in [0.15, 0.2) is 0 Å². The van der Waals surface area contributed by atoms with Crippen LogP contribution in [0.4, 0.5) is 13.2 Å². The first-order valence-corrected chi connectivity index (χ1v) is 14.5. The lowest BCUT2D eigenvalue weighted by atomic mass is 9.94. The second-order valence-electron chi connectivity index (χ2n) is 10.7. The lowest BCUT2D eigenvalue weighted by Crippen LogP contribution is -2.47. The molecular formula is C30H35F3N2O5S. The van der Waals surface area contributed by atoms with Crippen molar-refractivity contribution in [2.45, 2.75) is 55.8 Å². The highest BCUT2D eigenvalue weighted by Crippen LogP contribution is 2.30. The lowest BCUT2D eigenvalue weighted by Gasteiger charge is -2.29. The predicted octanol–water partition coefficient (Wildman–Crippen LogP) is 4.98. The number of nitrogens with one attached hydrogen (secondary N) is 1. The normalized spacial score (nSPS) is 13.4. The molecule has 7 nitrogen and oxygen atoms in total. The van der Waals surface area contributed by atoms with E-state index in [2.05, 4.69) is 5.32 Å². The molecule has 0 aliphatic heterocycles. The molecule has 0 radical (unpaired) electrons. The van der Waals surface area contributed by atoms with E-state index in [1.807, 2.05) is 32.0 Å². The third-order valence-corrected chi connectivity index (χ3v) is 8.46. The molecule has 1 unspecified atom stereocenters. The Bertz CT molecular complexity index is 1440. The number of sulfonamides is 1. The summed E-state index contributed by atoms with van der Waals surface area (Å²) in [5.41, 5.74) is 1.63. The van der Waals surface area contributed by atoms with E-state index in [0.717, 1.165) is 27.6 Å². The van der Waals surface area contributed by atoms with Crippen LogP contribution in [-0.4, -0.2) is 60.7 Å². The summed E-state index contributed by atoms with van der Waals surface area (Å²) in [6, 6.07) is 18.6. The summed E-state index contributed by atoms with van der Waals surface area (Å²) in [6.07, 6.45) is -4.70. The molecule has 0 aliphatic carbocycles. The van der Waals surface area contributed by atoms with Crippen molar-refractivity contribution in [3.8, 4) is 11.1 Å². The highest BCUT2D eigenvalue weighted by Gasteiger charge is 2.30. The molecule has 3 N–H and O–H groups in total. The van der Waals surface area contributed by atoms with Crippen LogP contribution < -0.4 is 5.32 Å². The Morgan fingerprint density at radius 3 is 2.17 bits per heavy atom. The minimum Gasteiger partial charge on any atom is -0.481 e. The van der Waals surface area contributed by atoms with Gasteiger partial charge in [-0.05, 0) is 73.2 Å². The molecule has 222 valence electrons. The number of aliphatic carboxylic acids is 1. The number of nitrogens with zero attached hydrogens (tertiary/aromatic N) is 1. The average molecular weight is 593 g/mol. The molecule has 0 saturated carbocycles. The summed E-state index contributed by atoms with van der Waals surface area (Å²) in [7, 11) is -2.56. The van der Waals surface area contributed by atoms with E-state index in [-0.39, 0.29) is 24.4 Å². The van der Waals surface area contributed by atoms with Crippen LogP contribution in [0, 0.1) is 0 Å².